The number of nitrogens with zero attached hydrogens (tertiary/aromatic N) is 1. The number of likely N-dealkylation sites (tertiary alicyclic amines) is 1. The molecular weight excluding hydrogens is 560 g/mol. The van der Waals surface area contributed by atoms with Crippen molar-refractivity contribution >= 4 is 17.8 Å². The van der Waals surface area contributed by atoms with E-state index in [2.05, 4.69) is 53.9 Å². The summed E-state index contributed by atoms with van der Waals surface area (Å²) in [6.07, 6.45) is 8.02. The van der Waals surface area contributed by atoms with Crippen LogP contribution in [-0.2, 0) is 33.3 Å². The van der Waals surface area contributed by atoms with Crippen molar-refractivity contribution in [1.82, 2.24) is 10.2 Å². The number of esters is 1. The van der Waals surface area contributed by atoms with E-state index in [9.17, 15) is 14.4 Å². The molecule has 8 atom stereocenters. The molecule has 4 rings (SSSR count). The van der Waals surface area contributed by atoms with E-state index in [0.717, 1.165) is 46.4 Å². The van der Waals surface area contributed by atoms with Gasteiger partial charge in [-0.25, -0.2) is 4.79 Å². The molecule has 1 N–H and O–H groups in total. The first-order valence-electron chi connectivity index (χ1n) is 16.8. The first-order valence-corrected chi connectivity index (χ1v) is 16.8. The SMILES string of the molecule is CN[C@@H]1CC(C)CC[C@H]1C(C)C.COC1CC(=O)N(C)C1=O.CO[C@@H]1CC(C)CC[C@H]1C(C)C.CO[C@H]1C(=O)OCC1(C)C. The third-order valence-corrected chi connectivity index (χ3v) is 10.0. The Morgan fingerprint density at radius 1 is 0.841 bits per heavy atom. The minimum absolute atomic E-state index is 0.161. The molecule has 0 bridgehead atoms. The summed E-state index contributed by atoms with van der Waals surface area (Å²) in [6.45, 7) is 18.4. The second-order valence-electron chi connectivity index (χ2n) is 14.8. The van der Waals surface area contributed by atoms with Gasteiger partial charge in [0.1, 0.15) is 6.10 Å². The quantitative estimate of drug-likeness (QED) is 0.294. The molecule has 4 fully saturated rings. The van der Waals surface area contributed by atoms with Crippen molar-refractivity contribution in [2.45, 2.75) is 125 Å². The van der Waals surface area contributed by atoms with E-state index in [-0.39, 0.29) is 35.7 Å². The van der Waals surface area contributed by atoms with Gasteiger partial charge in [0.15, 0.2) is 6.10 Å². The molecule has 258 valence electrons. The van der Waals surface area contributed by atoms with Crippen molar-refractivity contribution in [3.05, 3.63) is 0 Å². The zero-order chi connectivity index (χ0) is 33.8. The Morgan fingerprint density at radius 2 is 1.39 bits per heavy atom. The zero-order valence-corrected chi connectivity index (χ0v) is 30.2. The van der Waals surface area contributed by atoms with Crippen LogP contribution in [0.1, 0.15) is 100 Å². The van der Waals surface area contributed by atoms with Gasteiger partial charge in [-0.1, -0.05) is 68.2 Å². The normalized spacial score (nSPS) is 33.2. The molecule has 4 aliphatic rings. The molecule has 0 spiro atoms. The van der Waals surface area contributed by atoms with E-state index in [4.69, 9.17) is 18.9 Å². The molecule has 44 heavy (non-hydrogen) atoms. The van der Waals surface area contributed by atoms with E-state index in [1.54, 1.807) is 0 Å². The molecule has 2 aliphatic carbocycles. The molecule has 0 aromatic carbocycles. The van der Waals surface area contributed by atoms with Crippen LogP contribution in [0, 0.1) is 40.9 Å². The molecule has 9 nitrogen and oxygen atoms in total. The molecule has 2 amide bonds. The van der Waals surface area contributed by atoms with Gasteiger partial charge in [-0.05, 0) is 68.2 Å². The van der Waals surface area contributed by atoms with E-state index in [0.29, 0.717) is 12.7 Å². The standard InChI is InChI=1S/C11H23N.C11H22O.C7H12O3.C6H9NO3/c2*1-8(2)10-6-5-9(3)7-11(10)12-4;1-7(2)4-10-6(8)5(7)9-3;1-7-5(8)3-4(10-2)6(7)9/h8-12H,5-7H2,1-4H3;8-11H,5-7H2,1-4H3;5H,4H2,1-3H3;4H,3H2,1-2H3/t2*9?,10-,11+;5-;/m000./s1. The van der Waals surface area contributed by atoms with Gasteiger partial charge < -0.3 is 24.3 Å². The van der Waals surface area contributed by atoms with Gasteiger partial charge in [-0.3, -0.25) is 14.5 Å². The number of nitrogens with one attached hydrogen (secondary N) is 1. The second-order valence-corrected chi connectivity index (χ2v) is 14.8. The summed E-state index contributed by atoms with van der Waals surface area (Å²) in [5, 5.41) is 3.47. The maximum absolute atomic E-state index is 10.9. The lowest BCUT2D eigenvalue weighted by molar-refractivity contribution is -0.146. The predicted molar refractivity (Wildman–Crippen MR) is 175 cm³/mol. The lowest BCUT2D eigenvalue weighted by atomic mass is 9.74. The highest BCUT2D eigenvalue weighted by atomic mass is 16.6. The van der Waals surface area contributed by atoms with Crippen LogP contribution in [0.2, 0.25) is 0 Å². The maximum Gasteiger partial charge on any atom is 0.335 e. The summed E-state index contributed by atoms with van der Waals surface area (Å²) in [5.74, 6) is 4.47. The summed E-state index contributed by atoms with van der Waals surface area (Å²) in [4.78, 5) is 33.7. The number of ether oxygens (including phenoxy) is 4. The van der Waals surface area contributed by atoms with Crippen LogP contribution in [0.4, 0.5) is 0 Å². The maximum atomic E-state index is 10.9. The first kappa shape index (κ1) is 40.5. The number of hydrogen-bond donors (Lipinski definition) is 1. The van der Waals surface area contributed by atoms with E-state index >= 15 is 0 Å². The van der Waals surface area contributed by atoms with Crippen molar-refractivity contribution < 1.29 is 33.3 Å². The summed E-state index contributed by atoms with van der Waals surface area (Å²) in [6, 6.07) is 0.772. The fourth-order valence-corrected chi connectivity index (χ4v) is 6.97. The molecule has 2 saturated carbocycles. The molecule has 2 heterocycles. The number of imide groups is 1. The first-order chi connectivity index (χ1) is 20.5. The third kappa shape index (κ3) is 12.0. The summed E-state index contributed by atoms with van der Waals surface area (Å²) in [7, 11) is 8.38. The number of carbonyl (C=O) groups is 3. The van der Waals surface area contributed by atoms with Crippen LogP contribution >= 0.6 is 0 Å². The number of likely N-dealkylation sites (N-methyl/N-ethyl adjacent to an activating group) is 1. The molecule has 0 radical (unpaired) electrons. The van der Waals surface area contributed by atoms with Crippen LogP contribution in [0.5, 0.6) is 0 Å². The monoisotopic (exact) mass is 626 g/mol. The smallest absolute Gasteiger partial charge is 0.335 e. The summed E-state index contributed by atoms with van der Waals surface area (Å²) < 4.78 is 20.1. The van der Waals surface area contributed by atoms with Gasteiger partial charge in [0.2, 0.25) is 5.91 Å². The number of hydrogen-bond acceptors (Lipinski definition) is 8. The Kier molecular flexibility index (Phi) is 17.7. The van der Waals surface area contributed by atoms with Crippen LogP contribution < -0.4 is 5.32 Å². The van der Waals surface area contributed by atoms with Crippen molar-refractivity contribution in [2.24, 2.45) is 40.9 Å². The van der Waals surface area contributed by atoms with Crippen LogP contribution in [0.3, 0.4) is 0 Å². The Balaban J connectivity index is 0.000000294. The van der Waals surface area contributed by atoms with Crippen LogP contribution in [0.25, 0.3) is 0 Å². The number of cyclic esters (lactones) is 1. The van der Waals surface area contributed by atoms with Gasteiger partial charge in [0.05, 0.1) is 19.1 Å². The molecule has 2 saturated heterocycles. The van der Waals surface area contributed by atoms with Crippen LogP contribution in [-0.4, -0.2) is 89.1 Å². The van der Waals surface area contributed by atoms with Crippen molar-refractivity contribution in [2.75, 3.05) is 42.0 Å². The highest BCUT2D eigenvalue weighted by Gasteiger charge is 2.43. The fourth-order valence-electron chi connectivity index (χ4n) is 6.97. The molecule has 2 aliphatic heterocycles. The number of amides is 2. The van der Waals surface area contributed by atoms with E-state index < -0.39 is 6.10 Å². The van der Waals surface area contributed by atoms with Crippen molar-refractivity contribution in [1.29, 1.82) is 0 Å². The topological polar surface area (TPSA) is 103 Å². The van der Waals surface area contributed by atoms with Crippen LogP contribution in [0.15, 0.2) is 0 Å². The molecule has 0 aromatic heterocycles. The van der Waals surface area contributed by atoms with Gasteiger partial charge in [-0.15, -0.1) is 0 Å². The molecule has 0 aromatic rings. The van der Waals surface area contributed by atoms with E-state index in [1.165, 1.54) is 59.8 Å². The van der Waals surface area contributed by atoms with Gasteiger partial charge in [-0.2, -0.15) is 0 Å². The Bertz CT molecular complexity index is 845. The lowest BCUT2D eigenvalue weighted by Gasteiger charge is -2.37. The second kappa shape index (κ2) is 19.2. The Morgan fingerprint density at radius 3 is 1.73 bits per heavy atom. The molecule has 3 unspecified atom stereocenters. The van der Waals surface area contributed by atoms with Crippen molar-refractivity contribution in [3.63, 3.8) is 0 Å². The highest BCUT2D eigenvalue weighted by molar-refractivity contribution is 6.04. The highest BCUT2D eigenvalue weighted by Crippen LogP contribution is 2.35. The molecule has 9 heteroatoms. The van der Waals surface area contributed by atoms with Gasteiger partial charge in [0.25, 0.3) is 5.91 Å². The summed E-state index contributed by atoms with van der Waals surface area (Å²) >= 11 is 0. The average Bonchev–Trinajstić information content (AvgIpc) is 3.39. The summed E-state index contributed by atoms with van der Waals surface area (Å²) in [5.41, 5.74) is -0.161. The minimum Gasteiger partial charge on any atom is -0.463 e. The van der Waals surface area contributed by atoms with Gasteiger partial charge >= 0.3 is 5.97 Å². The zero-order valence-electron chi connectivity index (χ0n) is 30.2. The van der Waals surface area contributed by atoms with Gasteiger partial charge in [0, 0.05) is 39.8 Å². The van der Waals surface area contributed by atoms with E-state index in [1.807, 2.05) is 21.0 Å². The molecular formula is C35H66N2O7. The Labute approximate surface area is 268 Å². The number of carbonyl (C=O) groups excluding carboxylic acids is 3. The number of rotatable bonds is 6. The number of methoxy groups -OCH3 is 3. The third-order valence-electron chi connectivity index (χ3n) is 10.0. The fraction of sp³-hybridized carbons (Fsp3) is 0.914. The predicted octanol–water partition coefficient (Wildman–Crippen LogP) is 5.73. The Hall–Kier alpha value is -1.55. The van der Waals surface area contributed by atoms with Crippen molar-refractivity contribution in [3.8, 4) is 0 Å². The lowest BCUT2D eigenvalue weighted by Crippen LogP contribution is -2.40. The largest absolute Gasteiger partial charge is 0.463 e. The average molecular weight is 627 g/mol. The minimum atomic E-state index is -0.544.